The third kappa shape index (κ3) is 3.99. The van der Waals surface area contributed by atoms with Crippen molar-refractivity contribution >= 4 is 5.91 Å². The van der Waals surface area contributed by atoms with Crippen molar-refractivity contribution in [2.24, 2.45) is 11.3 Å². The van der Waals surface area contributed by atoms with Gasteiger partial charge >= 0.3 is 0 Å². The second-order valence-electron chi connectivity index (χ2n) is 7.11. The molecule has 2 saturated heterocycles. The molecule has 0 radical (unpaired) electrons. The summed E-state index contributed by atoms with van der Waals surface area (Å²) in [6.45, 7) is 6.12. The summed E-state index contributed by atoms with van der Waals surface area (Å²) < 4.78 is 10.7. The molecule has 2 fully saturated rings. The summed E-state index contributed by atoms with van der Waals surface area (Å²) in [6, 6.07) is 1.73. The van der Waals surface area contributed by atoms with Gasteiger partial charge in [0, 0.05) is 65.3 Å². The standard InChI is InChI=1S/C18H28N4O3/c1-24-11-10-21-12-15(13-25-2)18(14-21)4-8-22(9-5-18)17(23)16-19-6-3-7-20-16/h3,6-7,15H,4-5,8-14H2,1-2H3. The van der Waals surface area contributed by atoms with E-state index in [0.717, 1.165) is 58.8 Å². The fourth-order valence-corrected chi connectivity index (χ4v) is 4.24. The van der Waals surface area contributed by atoms with Gasteiger partial charge in [-0.25, -0.2) is 9.97 Å². The summed E-state index contributed by atoms with van der Waals surface area (Å²) in [7, 11) is 3.52. The number of piperidine rings is 1. The van der Waals surface area contributed by atoms with Crippen LogP contribution < -0.4 is 0 Å². The van der Waals surface area contributed by atoms with Gasteiger partial charge in [-0.15, -0.1) is 0 Å². The molecular weight excluding hydrogens is 320 g/mol. The van der Waals surface area contributed by atoms with Crippen LogP contribution in [-0.2, 0) is 9.47 Å². The van der Waals surface area contributed by atoms with Gasteiger partial charge in [-0.3, -0.25) is 4.79 Å². The Bertz CT molecular complexity index is 561. The van der Waals surface area contributed by atoms with Gasteiger partial charge in [-0.2, -0.15) is 0 Å². The zero-order chi connectivity index (χ0) is 17.7. The van der Waals surface area contributed by atoms with Gasteiger partial charge in [0.15, 0.2) is 0 Å². The van der Waals surface area contributed by atoms with E-state index in [4.69, 9.17) is 9.47 Å². The maximum atomic E-state index is 12.6. The van der Waals surface area contributed by atoms with E-state index in [2.05, 4.69) is 14.9 Å². The molecule has 0 aliphatic carbocycles. The molecule has 2 aliphatic heterocycles. The SMILES string of the molecule is COCCN1CC(COC)C2(CCN(C(=O)c3ncccn3)CC2)C1. The Labute approximate surface area is 149 Å². The molecule has 3 heterocycles. The van der Waals surface area contributed by atoms with Gasteiger partial charge in [-0.05, 0) is 24.3 Å². The normalized spacial score (nSPS) is 23.3. The molecule has 1 atom stereocenters. The first kappa shape index (κ1) is 18.2. The number of methoxy groups -OCH3 is 2. The van der Waals surface area contributed by atoms with E-state index in [1.165, 1.54) is 0 Å². The summed E-state index contributed by atoms with van der Waals surface area (Å²) in [5, 5.41) is 0. The Morgan fingerprint density at radius 3 is 2.60 bits per heavy atom. The third-order valence-corrected chi connectivity index (χ3v) is 5.67. The maximum absolute atomic E-state index is 12.6. The smallest absolute Gasteiger partial charge is 0.291 e. The maximum Gasteiger partial charge on any atom is 0.291 e. The van der Waals surface area contributed by atoms with Gasteiger partial charge in [0.1, 0.15) is 0 Å². The summed E-state index contributed by atoms with van der Waals surface area (Å²) in [6.07, 6.45) is 5.24. The Hall–Kier alpha value is -1.57. The van der Waals surface area contributed by atoms with Crippen molar-refractivity contribution in [1.82, 2.24) is 19.8 Å². The average molecular weight is 348 g/mol. The Morgan fingerprint density at radius 1 is 1.24 bits per heavy atom. The molecule has 1 amide bonds. The van der Waals surface area contributed by atoms with Gasteiger partial charge in [-0.1, -0.05) is 0 Å². The van der Waals surface area contributed by atoms with Crippen molar-refractivity contribution in [3.8, 4) is 0 Å². The first-order valence-corrected chi connectivity index (χ1v) is 8.95. The quantitative estimate of drug-likeness (QED) is 0.762. The van der Waals surface area contributed by atoms with Gasteiger partial charge in [0.05, 0.1) is 13.2 Å². The summed E-state index contributed by atoms with van der Waals surface area (Å²) in [5.74, 6) is 0.743. The van der Waals surface area contributed by atoms with E-state index in [9.17, 15) is 4.79 Å². The monoisotopic (exact) mass is 348 g/mol. The van der Waals surface area contributed by atoms with Crippen molar-refractivity contribution in [3.05, 3.63) is 24.3 Å². The molecule has 0 bridgehead atoms. The second kappa shape index (κ2) is 8.21. The first-order valence-electron chi connectivity index (χ1n) is 8.95. The Balaban J connectivity index is 1.63. The Morgan fingerprint density at radius 2 is 1.96 bits per heavy atom. The number of carbonyl (C=O) groups is 1. The molecule has 1 unspecified atom stereocenters. The fourth-order valence-electron chi connectivity index (χ4n) is 4.24. The lowest BCUT2D eigenvalue weighted by molar-refractivity contribution is 0.0314. The highest BCUT2D eigenvalue weighted by molar-refractivity contribution is 5.90. The molecule has 2 aliphatic rings. The summed E-state index contributed by atoms with van der Waals surface area (Å²) >= 11 is 0. The van der Waals surface area contributed by atoms with E-state index < -0.39 is 0 Å². The number of hydrogen-bond donors (Lipinski definition) is 0. The largest absolute Gasteiger partial charge is 0.384 e. The number of ether oxygens (including phenoxy) is 2. The van der Waals surface area contributed by atoms with Crippen molar-refractivity contribution < 1.29 is 14.3 Å². The van der Waals surface area contributed by atoms with Crippen LogP contribution in [0.5, 0.6) is 0 Å². The predicted molar refractivity (Wildman–Crippen MR) is 93.3 cm³/mol. The molecule has 1 aromatic rings. The minimum atomic E-state index is -0.0621. The lowest BCUT2D eigenvalue weighted by Crippen LogP contribution is -2.47. The first-order chi connectivity index (χ1) is 12.2. The van der Waals surface area contributed by atoms with Gasteiger partial charge in [0.25, 0.3) is 5.91 Å². The zero-order valence-corrected chi connectivity index (χ0v) is 15.2. The van der Waals surface area contributed by atoms with Crippen molar-refractivity contribution in [1.29, 1.82) is 0 Å². The van der Waals surface area contributed by atoms with Crippen LogP contribution >= 0.6 is 0 Å². The summed E-state index contributed by atoms with van der Waals surface area (Å²) in [5.41, 5.74) is 0.234. The lowest BCUT2D eigenvalue weighted by Gasteiger charge is -2.42. The van der Waals surface area contributed by atoms with E-state index in [-0.39, 0.29) is 11.3 Å². The molecule has 0 saturated carbocycles. The highest BCUT2D eigenvalue weighted by atomic mass is 16.5. The molecule has 7 nitrogen and oxygen atoms in total. The zero-order valence-electron chi connectivity index (χ0n) is 15.2. The topological polar surface area (TPSA) is 67.8 Å². The van der Waals surface area contributed by atoms with Crippen LogP contribution in [0.1, 0.15) is 23.5 Å². The fraction of sp³-hybridized carbons (Fsp3) is 0.722. The van der Waals surface area contributed by atoms with Gasteiger partial charge in [0.2, 0.25) is 5.82 Å². The number of rotatable bonds is 6. The minimum absolute atomic E-state index is 0.0621. The number of carbonyl (C=O) groups excluding carboxylic acids is 1. The predicted octanol–water partition coefficient (Wildman–Crippen LogP) is 0.924. The minimum Gasteiger partial charge on any atom is -0.384 e. The summed E-state index contributed by atoms with van der Waals surface area (Å²) in [4.78, 5) is 25.1. The van der Waals surface area contributed by atoms with Crippen molar-refractivity contribution in [2.75, 3.05) is 60.2 Å². The van der Waals surface area contributed by atoms with Crippen LogP contribution in [0.15, 0.2) is 18.5 Å². The Kier molecular flexibility index (Phi) is 5.98. The molecule has 1 spiro atoms. The molecular formula is C18H28N4O3. The molecule has 1 aromatic heterocycles. The number of likely N-dealkylation sites (tertiary alicyclic amines) is 2. The highest BCUT2D eigenvalue weighted by Crippen LogP contribution is 2.44. The van der Waals surface area contributed by atoms with Crippen LogP contribution in [0, 0.1) is 11.3 Å². The third-order valence-electron chi connectivity index (χ3n) is 5.67. The highest BCUT2D eigenvalue weighted by Gasteiger charge is 2.48. The molecule has 0 N–H and O–H groups in total. The van der Waals surface area contributed by atoms with Crippen LogP contribution in [0.4, 0.5) is 0 Å². The van der Waals surface area contributed by atoms with Crippen molar-refractivity contribution in [2.45, 2.75) is 12.8 Å². The van der Waals surface area contributed by atoms with Crippen LogP contribution in [0.3, 0.4) is 0 Å². The lowest BCUT2D eigenvalue weighted by atomic mass is 9.71. The number of amides is 1. The average Bonchev–Trinajstić information content (AvgIpc) is 2.98. The van der Waals surface area contributed by atoms with E-state index in [1.807, 2.05) is 4.90 Å². The van der Waals surface area contributed by atoms with Crippen molar-refractivity contribution in [3.63, 3.8) is 0 Å². The van der Waals surface area contributed by atoms with Crippen LogP contribution in [-0.4, -0.2) is 85.8 Å². The van der Waals surface area contributed by atoms with Crippen LogP contribution in [0.25, 0.3) is 0 Å². The van der Waals surface area contributed by atoms with Gasteiger partial charge < -0.3 is 19.3 Å². The molecule has 25 heavy (non-hydrogen) atoms. The molecule has 138 valence electrons. The number of aromatic nitrogens is 2. The number of hydrogen-bond acceptors (Lipinski definition) is 6. The van der Waals surface area contributed by atoms with E-state index in [0.29, 0.717) is 11.7 Å². The van der Waals surface area contributed by atoms with Crippen LogP contribution in [0.2, 0.25) is 0 Å². The second-order valence-corrected chi connectivity index (χ2v) is 7.11. The molecule has 3 rings (SSSR count). The molecule has 0 aromatic carbocycles. The molecule has 7 heteroatoms. The van der Waals surface area contributed by atoms with E-state index >= 15 is 0 Å². The van der Waals surface area contributed by atoms with E-state index in [1.54, 1.807) is 32.7 Å². The number of nitrogens with zero attached hydrogens (tertiary/aromatic N) is 4.